The van der Waals surface area contributed by atoms with Gasteiger partial charge in [-0.05, 0) is 30.3 Å². The first kappa shape index (κ1) is 14.2. The van der Waals surface area contributed by atoms with Crippen molar-refractivity contribution >= 4 is 5.91 Å². The number of hydrogen-bond acceptors (Lipinski definition) is 3. The lowest BCUT2D eigenvalue weighted by Crippen LogP contribution is -2.26. The highest BCUT2D eigenvalue weighted by molar-refractivity contribution is 5.94. The Balaban J connectivity index is 1.89. The molecule has 0 spiro atoms. The van der Waals surface area contributed by atoms with Crippen LogP contribution >= 0.6 is 0 Å². The molecule has 4 nitrogen and oxygen atoms in total. The van der Waals surface area contributed by atoms with E-state index in [0.29, 0.717) is 12.1 Å². The summed E-state index contributed by atoms with van der Waals surface area (Å²) in [6.07, 6.45) is 0. The van der Waals surface area contributed by atoms with Crippen LogP contribution in [0, 0.1) is 0 Å². The molecule has 20 heavy (non-hydrogen) atoms. The molecule has 2 aromatic carbocycles. The Labute approximate surface area is 119 Å². The van der Waals surface area contributed by atoms with E-state index in [1.54, 1.807) is 0 Å². The molecule has 0 saturated heterocycles. The van der Waals surface area contributed by atoms with E-state index in [-0.39, 0.29) is 5.91 Å². The van der Waals surface area contributed by atoms with Crippen molar-refractivity contribution in [2.45, 2.75) is 13.1 Å². The smallest absolute Gasteiger partial charge is 0.251 e. The van der Waals surface area contributed by atoms with Gasteiger partial charge in [-0.25, -0.2) is 0 Å². The minimum Gasteiger partial charge on any atom is -0.348 e. The van der Waals surface area contributed by atoms with Gasteiger partial charge in [0.1, 0.15) is 0 Å². The Kier molecular flexibility index (Phi) is 5.29. The Bertz CT molecular complexity index is 537. The van der Waals surface area contributed by atoms with Gasteiger partial charge in [0.05, 0.1) is 0 Å². The molecule has 0 aliphatic carbocycles. The predicted octanol–water partition coefficient (Wildman–Crippen LogP) is 1.84. The second-order valence-electron chi connectivity index (χ2n) is 4.47. The second-order valence-corrected chi connectivity index (χ2v) is 4.47. The Hall–Kier alpha value is -2.17. The fourth-order valence-corrected chi connectivity index (χ4v) is 1.84. The highest BCUT2D eigenvalue weighted by Crippen LogP contribution is 2.05. The molecule has 0 atom stereocenters. The lowest BCUT2D eigenvalue weighted by Gasteiger charge is -2.07. The molecule has 104 valence electrons. The number of amides is 1. The van der Waals surface area contributed by atoms with E-state index in [0.717, 1.165) is 17.7 Å². The van der Waals surface area contributed by atoms with Gasteiger partial charge in [-0.2, -0.15) is 0 Å². The molecule has 1 amide bonds. The summed E-state index contributed by atoms with van der Waals surface area (Å²) in [5.41, 5.74) is 8.76. The summed E-state index contributed by atoms with van der Waals surface area (Å²) in [4.78, 5) is 12.0. The third-order valence-corrected chi connectivity index (χ3v) is 2.98. The van der Waals surface area contributed by atoms with E-state index in [2.05, 4.69) is 16.2 Å². The van der Waals surface area contributed by atoms with Gasteiger partial charge in [0.2, 0.25) is 0 Å². The molecule has 0 radical (unpaired) electrons. The number of benzene rings is 2. The minimum absolute atomic E-state index is 0.0537. The molecule has 0 aromatic heterocycles. The second kappa shape index (κ2) is 7.43. The lowest BCUT2D eigenvalue weighted by atomic mass is 10.1. The maximum absolute atomic E-state index is 12.0. The zero-order valence-electron chi connectivity index (χ0n) is 11.5. The molecular formula is C16H19N3O. The first-order chi connectivity index (χ1) is 9.79. The van der Waals surface area contributed by atoms with E-state index < -0.39 is 0 Å². The van der Waals surface area contributed by atoms with Crippen LogP contribution < -0.4 is 16.2 Å². The number of hydrazine groups is 1. The normalized spacial score (nSPS) is 10.2. The first-order valence-electron chi connectivity index (χ1n) is 6.60. The van der Waals surface area contributed by atoms with Crippen molar-refractivity contribution in [2.75, 3.05) is 7.05 Å². The fraction of sp³-hybridized carbons (Fsp3) is 0.188. The van der Waals surface area contributed by atoms with E-state index in [9.17, 15) is 4.79 Å². The van der Waals surface area contributed by atoms with Gasteiger partial charge >= 0.3 is 0 Å². The fourth-order valence-electron chi connectivity index (χ4n) is 1.84. The topological polar surface area (TPSA) is 53.2 Å². The molecule has 0 fully saturated rings. The van der Waals surface area contributed by atoms with Gasteiger partial charge in [0, 0.05) is 18.7 Å². The average Bonchev–Trinajstić information content (AvgIpc) is 2.52. The van der Waals surface area contributed by atoms with E-state index >= 15 is 0 Å². The van der Waals surface area contributed by atoms with Crippen LogP contribution in [0.4, 0.5) is 0 Å². The van der Waals surface area contributed by atoms with Gasteiger partial charge < -0.3 is 5.32 Å². The summed E-state index contributed by atoms with van der Waals surface area (Å²) in [7, 11) is 1.82. The van der Waals surface area contributed by atoms with Crippen LogP contribution in [0.3, 0.4) is 0 Å². The molecule has 0 unspecified atom stereocenters. The number of hydrogen-bond donors (Lipinski definition) is 3. The number of rotatable bonds is 6. The summed E-state index contributed by atoms with van der Waals surface area (Å²) in [6, 6.07) is 17.4. The third kappa shape index (κ3) is 4.19. The van der Waals surface area contributed by atoms with Crippen LogP contribution in [0.1, 0.15) is 21.5 Å². The molecule has 4 heteroatoms. The van der Waals surface area contributed by atoms with Crippen molar-refractivity contribution in [3.05, 3.63) is 71.3 Å². The number of carbonyl (C=O) groups excluding carboxylic acids is 1. The van der Waals surface area contributed by atoms with Gasteiger partial charge in [-0.15, -0.1) is 0 Å². The van der Waals surface area contributed by atoms with E-state index in [4.69, 9.17) is 0 Å². The van der Waals surface area contributed by atoms with Gasteiger partial charge in [-0.1, -0.05) is 42.5 Å². The molecule has 0 aliphatic rings. The SMILES string of the molecule is CNNCc1ccc(C(=O)NCc2ccccc2)cc1. The highest BCUT2D eigenvalue weighted by atomic mass is 16.1. The van der Waals surface area contributed by atoms with Crippen LogP contribution in [0.5, 0.6) is 0 Å². The Morgan fingerprint density at radius 3 is 2.20 bits per heavy atom. The zero-order valence-corrected chi connectivity index (χ0v) is 11.5. The third-order valence-electron chi connectivity index (χ3n) is 2.98. The molecule has 3 N–H and O–H groups in total. The van der Waals surface area contributed by atoms with Crippen LogP contribution in [-0.2, 0) is 13.1 Å². The zero-order chi connectivity index (χ0) is 14.2. The monoisotopic (exact) mass is 269 g/mol. The molecule has 0 heterocycles. The molecule has 0 saturated carbocycles. The standard InChI is InChI=1S/C16H19N3O/c1-17-19-12-14-7-9-15(10-8-14)16(20)18-11-13-5-3-2-4-6-13/h2-10,17,19H,11-12H2,1H3,(H,18,20). The van der Waals surface area contributed by atoms with Crippen molar-refractivity contribution in [1.29, 1.82) is 0 Å². The largest absolute Gasteiger partial charge is 0.348 e. The van der Waals surface area contributed by atoms with Crippen molar-refractivity contribution < 1.29 is 4.79 Å². The molecule has 0 bridgehead atoms. The Morgan fingerprint density at radius 1 is 0.900 bits per heavy atom. The number of carbonyl (C=O) groups is 1. The summed E-state index contributed by atoms with van der Waals surface area (Å²) in [6.45, 7) is 1.27. The summed E-state index contributed by atoms with van der Waals surface area (Å²) >= 11 is 0. The van der Waals surface area contributed by atoms with Gasteiger partial charge in [0.15, 0.2) is 0 Å². The van der Waals surface area contributed by atoms with Crippen LogP contribution in [0.2, 0.25) is 0 Å². The summed E-state index contributed by atoms with van der Waals surface area (Å²) in [5, 5.41) is 2.91. The van der Waals surface area contributed by atoms with Crippen LogP contribution in [0.15, 0.2) is 54.6 Å². The maximum atomic E-state index is 12.0. The maximum Gasteiger partial charge on any atom is 0.251 e. The van der Waals surface area contributed by atoms with Crippen molar-refractivity contribution in [1.82, 2.24) is 16.2 Å². The van der Waals surface area contributed by atoms with Crippen molar-refractivity contribution in [3.63, 3.8) is 0 Å². The molecule has 2 aromatic rings. The summed E-state index contributed by atoms with van der Waals surface area (Å²) in [5.74, 6) is -0.0537. The predicted molar refractivity (Wildman–Crippen MR) is 80.0 cm³/mol. The van der Waals surface area contributed by atoms with E-state index in [1.807, 2.05) is 61.6 Å². The minimum atomic E-state index is -0.0537. The lowest BCUT2D eigenvalue weighted by molar-refractivity contribution is 0.0951. The average molecular weight is 269 g/mol. The summed E-state index contributed by atoms with van der Waals surface area (Å²) < 4.78 is 0. The van der Waals surface area contributed by atoms with E-state index in [1.165, 1.54) is 0 Å². The molecule has 0 aliphatic heterocycles. The van der Waals surface area contributed by atoms with Crippen LogP contribution in [0.25, 0.3) is 0 Å². The molecule has 2 rings (SSSR count). The Morgan fingerprint density at radius 2 is 1.55 bits per heavy atom. The first-order valence-corrected chi connectivity index (χ1v) is 6.60. The number of nitrogens with one attached hydrogen (secondary N) is 3. The highest BCUT2D eigenvalue weighted by Gasteiger charge is 2.04. The van der Waals surface area contributed by atoms with Crippen molar-refractivity contribution in [3.8, 4) is 0 Å². The van der Waals surface area contributed by atoms with Gasteiger partial charge in [0.25, 0.3) is 5.91 Å². The quantitative estimate of drug-likeness (QED) is 0.701. The van der Waals surface area contributed by atoms with Crippen LogP contribution in [-0.4, -0.2) is 13.0 Å². The van der Waals surface area contributed by atoms with Gasteiger partial charge in [-0.3, -0.25) is 15.6 Å². The molecular weight excluding hydrogens is 250 g/mol. The van der Waals surface area contributed by atoms with Crippen molar-refractivity contribution in [2.24, 2.45) is 0 Å².